The lowest BCUT2D eigenvalue weighted by molar-refractivity contribution is 1.59. The molecule has 2 heteroatoms. The van der Waals surface area contributed by atoms with Gasteiger partial charge in [0.2, 0.25) is 0 Å². The molecule has 0 amide bonds. The topological polar surface area (TPSA) is 12.4 Å². The van der Waals surface area contributed by atoms with Gasteiger partial charge in [0, 0.05) is 6.21 Å². The minimum atomic E-state index is -2.54. The fourth-order valence-electron chi connectivity index (χ4n) is 3.47. The molecule has 4 aromatic carbocycles. The molecule has 0 aliphatic carbocycles. The van der Waals surface area contributed by atoms with Crippen LogP contribution in [0.3, 0.4) is 0 Å². The molecule has 0 fully saturated rings. The number of nitrogens with zero attached hydrogens (tertiary/aromatic N) is 1. The molecule has 0 aliphatic rings. The minimum absolute atomic E-state index is 1.12. The van der Waals surface area contributed by atoms with Gasteiger partial charge in [-0.25, -0.2) is 0 Å². The largest absolute Gasteiger partial charge is 0.311 e. The van der Waals surface area contributed by atoms with Gasteiger partial charge in [-0.1, -0.05) is 121 Å². The van der Waals surface area contributed by atoms with E-state index in [0.29, 0.717) is 0 Å². The van der Waals surface area contributed by atoms with Crippen molar-refractivity contribution in [2.75, 3.05) is 0 Å². The average molecular weight is 364 g/mol. The van der Waals surface area contributed by atoms with Crippen molar-refractivity contribution in [3.8, 4) is 0 Å². The van der Waals surface area contributed by atoms with E-state index in [1.54, 1.807) is 0 Å². The van der Waals surface area contributed by atoms with E-state index in [-0.39, 0.29) is 0 Å². The van der Waals surface area contributed by atoms with E-state index in [0.717, 1.165) is 5.56 Å². The highest BCUT2D eigenvalue weighted by Crippen LogP contribution is 2.10. The van der Waals surface area contributed by atoms with Crippen molar-refractivity contribution in [1.29, 1.82) is 0 Å². The summed E-state index contributed by atoms with van der Waals surface area (Å²) in [7, 11) is -2.54. The fourth-order valence-corrected chi connectivity index (χ4v) is 7.29. The number of hydrogen-bond donors (Lipinski definition) is 0. The Labute approximate surface area is 161 Å². The Morgan fingerprint density at radius 2 is 0.778 bits per heavy atom. The molecule has 0 bridgehead atoms. The van der Waals surface area contributed by atoms with E-state index < -0.39 is 8.24 Å². The highest BCUT2D eigenvalue weighted by Gasteiger charge is 2.39. The number of benzene rings is 4. The quantitative estimate of drug-likeness (QED) is 0.291. The Kier molecular flexibility index (Phi) is 5.08. The Balaban J connectivity index is 1.99. The van der Waals surface area contributed by atoms with Crippen LogP contribution in [0.25, 0.3) is 0 Å². The van der Waals surface area contributed by atoms with Crippen LogP contribution in [0.1, 0.15) is 5.56 Å². The van der Waals surface area contributed by atoms with Crippen LogP contribution >= 0.6 is 0 Å². The van der Waals surface area contributed by atoms with Gasteiger partial charge in [0.25, 0.3) is 8.24 Å². The molecule has 27 heavy (non-hydrogen) atoms. The van der Waals surface area contributed by atoms with Crippen LogP contribution in [0.2, 0.25) is 0 Å². The van der Waals surface area contributed by atoms with E-state index in [9.17, 15) is 0 Å². The van der Waals surface area contributed by atoms with Crippen LogP contribution in [0.4, 0.5) is 0 Å². The van der Waals surface area contributed by atoms with Gasteiger partial charge in [0.1, 0.15) is 0 Å². The lowest BCUT2D eigenvalue weighted by Gasteiger charge is -2.29. The summed E-state index contributed by atoms with van der Waals surface area (Å²) in [5.41, 5.74) is 1.12. The maximum Gasteiger partial charge on any atom is 0.273 e. The van der Waals surface area contributed by atoms with Gasteiger partial charge in [-0.3, -0.25) is 0 Å². The molecule has 0 saturated heterocycles. The van der Waals surface area contributed by atoms with Gasteiger partial charge < -0.3 is 4.66 Å². The number of hydrogen-bond acceptors (Lipinski definition) is 1. The summed E-state index contributed by atoms with van der Waals surface area (Å²) in [5, 5.41) is 3.86. The minimum Gasteiger partial charge on any atom is -0.311 e. The third kappa shape index (κ3) is 3.53. The summed E-state index contributed by atoms with van der Waals surface area (Å²) in [5.74, 6) is 0. The first-order valence-electron chi connectivity index (χ1n) is 9.16. The first-order valence-corrected chi connectivity index (χ1v) is 11.1. The molecule has 0 saturated carbocycles. The summed E-state index contributed by atoms with van der Waals surface area (Å²) >= 11 is 0. The molecule has 0 spiro atoms. The molecule has 4 aromatic rings. The Hall–Kier alpha value is -3.23. The van der Waals surface area contributed by atoms with Crippen LogP contribution in [0.15, 0.2) is 126 Å². The summed E-state index contributed by atoms with van der Waals surface area (Å²) in [6.07, 6.45) is 2.04. The lowest BCUT2D eigenvalue weighted by Crippen LogP contribution is -2.66. The van der Waals surface area contributed by atoms with E-state index in [1.807, 2.05) is 12.3 Å². The van der Waals surface area contributed by atoms with Gasteiger partial charge in [-0.05, 0) is 21.1 Å². The second-order valence-electron chi connectivity index (χ2n) is 6.48. The molecular formula is C25H21NSi. The average Bonchev–Trinajstić information content (AvgIpc) is 2.77. The van der Waals surface area contributed by atoms with Crippen molar-refractivity contribution in [1.82, 2.24) is 0 Å². The van der Waals surface area contributed by atoms with E-state index in [2.05, 4.69) is 115 Å². The summed E-state index contributed by atoms with van der Waals surface area (Å²) in [4.78, 5) is 0. The molecular weight excluding hydrogens is 342 g/mol. The standard InChI is InChI=1S/C25H21NSi/c1-5-13-22(14-6-1)21-26-27(23-15-7-2-8-16-23,24-17-9-3-10-18-24)25-19-11-4-12-20-25/h1-21H. The predicted molar refractivity (Wildman–Crippen MR) is 118 cm³/mol. The fraction of sp³-hybridized carbons (Fsp3) is 0. The second kappa shape index (κ2) is 7.98. The van der Waals surface area contributed by atoms with Crippen LogP contribution in [0, 0.1) is 0 Å². The molecule has 0 radical (unpaired) electrons. The predicted octanol–water partition coefficient (Wildman–Crippen LogP) is 3.77. The number of rotatable bonds is 5. The first-order chi connectivity index (χ1) is 13.4. The van der Waals surface area contributed by atoms with Gasteiger partial charge in [0.15, 0.2) is 0 Å². The lowest BCUT2D eigenvalue weighted by atomic mass is 10.2. The first kappa shape index (κ1) is 17.2. The van der Waals surface area contributed by atoms with E-state index >= 15 is 0 Å². The van der Waals surface area contributed by atoms with Crippen molar-refractivity contribution < 1.29 is 0 Å². The normalized spacial score (nSPS) is 11.6. The van der Waals surface area contributed by atoms with Crippen LogP contribution in [-0.2, 0) is 0 Å². The molecule has 0 heterocycles. The Morgan fingerprint density at radius 3 is 1.15 bits per heavy atom. The van der Waals surface area contributed by atoms with Crippen molar-refractivity contribution in [3.05, 3.63) is 127 Å². The van der Waals surface area contributed by atoms with E-state index in [4.69, 9.17) is 4.66 Å². The van der Waals surface area contributed by atoms with Gasteiger partial charge >= 0.3 is 0 Å². The third-order valence-corrected chi connectivity index (χ3v) is 8.80. The van der Waals surface area contributed by atoms with E-state index in [1.165, 1.54) is 15.6 Å². The van der Waals surface area contributed by atoms with Crippen LogP contribution in [-0.4, -0.2) is 14.5 Å². The Bertz CT molecular complexity index is 900. The molecule has 130 valence electrons. The molecule has 0 aliphatic heterocycles. The second-order valence-corrected chi connectivity index (χ2v) is 9.89. The summed E-state index contributed by atoms with van der Waals surface area (Å²) < 4.78 is 5.35. The summed E-state index contributed by atoms with van der Waals surface area (Å²) in [6.45, 7) is 0. The van der Waals surface area contributed by atoms with Gasteiger partial charge in [-0.2, -0.15) is 0 Å². The van der Waals surface area contributed by atoms with Crippen molar-refractivity contribution >= 4 is 30.0 Å². The van der Waals surface area contributed by atoms with Gasteiger partial charge in [0.05, 0.1) is 0 Å². The highest BCUT2D eigenvalue weighted by molar-refractivity contribution is 7.10. The zero-order valence-electron chi connectivity index (χ0n) is 15.1. The molecule has 4 rings (SSSR count). The molecule has 1 nitrogen and oxygen atoms in total. The maximum absolute atomic E-state index is 5.35. The van der Waals surface area contributed by atoms with Crippen molar-refractivity contribution in [2.45, 2.75) is 0 Å². The SMILES string of the molecule is C(=N[Si](c1ccccc1)(c1ccccc1)c1ccccc1)c1ccccc1. The third-order valence-electron chi connectivity index (χ3n) is 4.78. The molecule has 0 N–H and O–H groups in total. The van der Waals surface area contributed by atoms with Gasteiger partial charge in [-0.15, -0.1) is 0 Å². The summed E-state index contributed by atoms with van der Waals surface area (Å²) in [6, 6.07) is 42.5. The van der Waals surface area contributed by atoms with Crippen LogP contribution in [0.5, 0.6) is 0 Å². The highest BCUT2D eigenvalue weighted by atomic mass is 28.3. The monoisotopic (exact) mass is 363 g/mol. The van der Waals surface area contributed by atoms with Crippen molar-refractivity contribution in [3.63, 3.8) is 0 Å². The van der Waals surface area contributed by atoms with Crippen LogP contribution < -0.4 is 15.6 Å². The Morgan fingerprint density at radius 1 is 0.444 bits per heavy atom. The molecule has 0 atom stereocenters. The zero-order chi connectivity index (χ0) is 18.4. The molecule has 0 unspecified atom stereocenters. The smallest absolute Gasteiger partial charge is 0.273 e. The molecule has 0 aromatic heterocycles. The maximum atomic E-state index is 5.35. The zero-order valence-corrected chi connectivity index (χ0v) is 16.1. The van der Waals surface area contributed by atoms with Crippen molar-refractivity contribution in [2.24, 2.45) is 4.66 Å².